The molecule has 1 amide bonds. The van der Waals surface area contributed by atoms with Gasteiger partial charge in [-0.3, -0.25) is 4.79 Å². The van der Waals surface area contributed by atoms with Crippen LogP contribution in [0, 0.1) is 11.7 Å². The summed E-state index contributed by atoms with van der Waals surface area (Å²) >= 11 is 0. The number of amides is 1. The first kappa shape index (κ1) is 21.5. The van der Waals surface area contributed by atoms with Crippen LogP contribution in [0.4, 0.5) is 4.39 Å². The van der Waals surface area contributed by atoms with Crippen LogP contribution in [0.15, 0.2) is 53.4 Å². The van der Waals surface area contributed by atoms with E-state index in [9.17, 15) is 17.6 Å². The van der Waals surface area contributed by atoms with Crippen LogP contribution in [0.3, 0.4) is 0 Å². The van der Waals surface area contributed by atoms with Gasteiger partial charge < -0.3 is 10.3 Å². The molecular weight excluding hydrogens is 419 g/mol. The summed E-state index contributed by atoms with van der Waals surface area (Å²) in [5, 5.41) is 2.97. The second-order valence-electron chi connectivity index (χ2n) is 7.94. The molecule has 0 bridgehead atoms. The maximum absolute atomic E-state index is 13.4. The third-order valence-corrected chi connectivity index (χ3v) is 7.57. The number of hydrogen-bond donors (Lipinski definition) is 2. The standard InChI is InChI=1S/C22H25FN4O3S/c1-15(22-25-19-7-2-3-8-20(19)26-22)24-21(28)13-16-9-11-27(12-10-16)31(29,30)18-6-4-5-17(23)14-18/h2-8,14-16H,9-13H2,1H3,(H,24,28)(H,25,26). The average molecular weight is 445 g/mol. The number of imidazole rings is 1. The number of fused-ring (bicyclic) bond motifs is 1. The van der Waals surface area contributed by atoms with Gasteiger partial charge >= 0.3 is 0 Å². The number of carbonyl (C=O) groups is 1. The van der Waals surface area contributed by atoms with Crippen LogP contribution < -0.4 is 5.32 Å². The van der Waals surface area contributed by atoms with Crippen molar-refractivity contribution in [3.05, 3.63) is 60.2 Å². The quantitative estimate of drug-likeness (QED) is 0.609. The van der Waals surface area contributed by atoms with E-state index < -0.39 is 15.8 Å². The van der Waals surface area contributed by atoms with Gasteiger partial charge in [0.15, 0.2) is 0 Å². The van der Waals surface area contributed by atoms with E-state index in [0.29, 0.717) is 38.2 Å². The van der Waals surface area contributed by atoms with Crippen LogP contribution in [-0.2, 0) is 14.8 Å². The van der Waals surface area contributed by atoms with Crippen molar-refractivity contribution in [3.63, 3.8) is 0 Å². The molecule has 1 aromatic heterocycles. The Bertz CT molecular complexity index is 1150. The molecule has 1 fully saturated rings. The molecule has 2 aromatic carbocycles. The zero-order chi connectivity index (χ0) is 22.0. The minimum Gasteiger partial charge on any atom is -0.346 e. The first-order chi connectivity index (χ1) is 14.8. The highest BCUT2D eigenvalue weighted by molar-refractivity contribution is 7.89. The van der Waals surface area contributed by atoms with Gasteiger partial charge in [0.25, 0.3) is 0 Å². The highest BCUT2D eigenvalue weighted by atomic mass is 32.2. The first-order valence-corrected chi connectivity index (χ1v) is 11.8. The van der Waals surface area contributed by atoms with Gasteiger partial charge in [-0.15, -0.1) is 0 Å². The van der Waals surface area contributed by atoms with Crippen molar-refractivity contribution >= 4 is 27.0 Å². The summed E-state index contributed by atoms with van der Waals surface area (Å²) in [6.07, 6.45) is 1.50. The molecule has 2 heterocycles. The Morgan fingerprint density at radius 2 is 1.97 bits per heavy atom. The zero-order valence-corrected chi connectivity index (χ0v) is 18.0. The van der Waals surface area contributed by atoms with Crippen LogP contribution in [0.25, 0.3) is 11.0 Å². The number of carbonyl (C=O) groups excluding carboxylic acids is 1. The van der Waals surface area contributed by atoms with E-state index in [-0.39, 0.29) is 22.8 Å². The molecule has 1 unspecified atom stereocenters. The number of aromatic amines is 1. The lowest BCUT2D eigenvalue weighted by Crippen LogP contribution is -2.39. The number of hydrogen-bond acceptors (Lipinski definition) is 4. The number of halogens is 1. The maximum atomic E-state index is 13.4. The minimum absolute atomic E-state index is 0.0386. The fourth-order valence-electron chi connectivity index (χ4n) is 3.94. The third-order valence-electron chi connectivity index (χ3n) is 5.68. The minimum atomic E-state index is -3.72. The Balaban J connectivity index is 1.30. The summed E-state index contributed by atoms with van der Waals surface area (Å²) in [4.78, 5) is 20.2. The molecule has 1 atom stereocenters. The van der Waals surface area contributed by atoms with E-state index in [1.54, 1.807) is 0 Å². The Kier molecular flexibility index (Phi) is 6.06. The number of piperidine rings is 1. The molecule has 164 valence electrons. The highest BCUT2D eigenvalue weighted by Crippen LogP contribution is 2.26. The molecule has 3 aromatic rings. The largest absolute Gasteiger partial charge is 0.346 e. The third kappa shape index (κ3) is 4.77. The molecule has 2 N–H and O–H groups in total. The summed E-state index contributed by atoms with van der Waals surface area (Å²) in [5.74, 6) is 0.137. The molecule has 0 radical (unpaired) electrons. The lowest BCUT2D eigenvalue weighted by Gasteiger charge is -2.31. The normalized spacial score (nSPS) is 17.0. The van der Waals surface area contributed by atoms with Crippen molar-refractivity contribution in [2.24, 2.45) is 5.92 Å². The molecule has 4 rings (SSSR count). The van der Waals surface area contributed by atoms with E-state index in [1.807, 2.05) is 31.2 Å². The second-order valence-corrected chi connectivity index (χ2v) is 9.88. The van der Waals surface area contributed by atoms with Gasteiger partial charge in [0, 0.05) is 19.5 Å². The molecule has 31 heavy (non-hydrogen) atoms. The van der Waals surface area contributed by atoms with Gasteiger partial charge in [-0.2, -0.15) is 4.31 Å². The van der Waals surface area contributed by atoms with Crippen molar-refractivity contribution in [1.29, 1.82) is 0 Å². The fourth-order valence-corrected chi connectivity index (χ4v) is 5.44. The van der Waals surface area contributed by atoms with Crippen LogP contribution in [0.1, 0.15) is 38.1 Å². The predicted molar refractivity (Wildman–Crippen MR) is 115 cm³/mol. The molecule has 1 aliphatic rings. The summed E-state index contributed by atoms with van der Waals surface area (Å²) in [6, 6.07) is 12.5. The molecule has 0 aliphatic carbocycles. The lowest BCUT2D eigenvalue weighted by molar-refractivity contribution is -0.123. The summed E-state index contributed by atoms with van der Waals surface area (Å²) < 4.78 is 40.2. The van der Waals surface area contributed by atoms with Crippen molar-refractivity contribution in [3.8, 4) is 0 Å². The van der Waals surface area contributed by atoms with Crippen LogP contribution >= 0.6 is 0 Å². The van der Waals surface area contributed by atoms with Gasteiger partial charge in [0.05, 0.1) is 22.0 Å². The number of rotatable bonds is 6. The number of nitrogens with one attached hydrogen (secondary N) is 2. The number of para-hydroxylation sites is 2. The first-order valence-electron chi connectivity index (χ1n) is 10.3. The number of sulfonamides is 1. The number of nitrogens with zero attached hydrogens (tertiary/aromatic N) is 2. The Morgan fingerprint density at radius 3 is 2.68 bits per heavy atom. The van der Waals surface area contributed by atoms with Gasteiger partial charge in [-0.25, -0.2) is 17.8 Å². The van der Waals surface area contributed by atoms with Crippen molar-refractivity contribution in [2.45, 2.75) is 37.1 Å². The zero-order valence-electron chi connectivity index (χ0n) is 17.2. The highest BCUT2D eigenvalue weighted by Gasteiger charge is 2.30. The molecule has 7 nitrogen and oxygen atoms in total. The smallest absolute Gasteiger partial charge is 0.243 e. The number of benzene rings is 2. The van der Waals surface area contributed by atoms with Gasteiger partial charge in [0.1, 0.15) is 11.6 Å². The van der Waals surface area contributed by atoms with Crippen molar-refractivity contribution < 1.29 is 17.6 Å². The SMILES string of the molecule is CC(NC(=O)CC1CCN(S(=O)(=O)c2cccc(F)c2)CC1)c1nc2ccccc2[nH]1. The lowest BCUT2D eigenvalue weighted by atomic mass is 9.94. The monoisotopic (exact) mass is 444 g/mol. The summed E-state index contributed by atoms with van der Waals surface area (Å²) in [6.45, 7) is 2.51. The second kappa shape index (κ2) is 8.76. The Labute approximate surface area is 180 Å². The molecule has 0 spiro atoms. The van der Waals surface area contributed by atoms with E-state index >= 15 is 0 Å². The van der Waals surface area contributed by atoms with Gasteiger partial charge in [0.2, 0.25) is 15.9 Å². The van der Waals surface area contributed by atoms with E-state index in [4.69, 9.17) is 0 Å². The number of H-pyrrole nitrogens is 1. The predicted octanol–water partition coefficient (Wildman–Crippen LogP) is 3.37. The van der Waals surface area contributed by atoms with Crippen LogP contribution in [0.2, 0.25) is 0 Å². The van der Waals surface area contributed by atoms with Crippen molar-refractivity contribution in [2.75, 3.05) is 13.1 Å². The molecule has 0 saturated carbocycles. The average Bonchev–Trinajstić information content (AvgIpc) is 3.18. The maximum Gasteiger partial charge on any atom is 0.243 e. The van der Waals surface area contributed by atoms with Crippen LogP contribution in [0.5, 0.6) is 0 Å². The van der Waals surface area contributed by atoms with E-state index in [0.717, 1.165) is 17.1 Å². The van der Waals surface area contributed by atoms with Crippen LogP contribution in [-0.4, -0.2) is 41.7 Å². The van der Waals surface area contributed by atoms with E-state index in [2.05, 4.69) is 15.3 Å². The molecule has 1 saturated heterocycles. The summed E-state index contributed by atoms with van der Waals surface area (Å²) in [5.41, 5.74) is 1.77. The van der Waals surface area contributed by atoms with Gasteiger partial charge in [-0.1, -0.05) is 18.2 Å². The Hall–Kier alpha value is -2.78. The molecule has 1 aliphatic heterocycles. The Morgan fingerprint density at radius 1 is 1.23 bits per heavy atom. The summed E-state index contributed by atoms with van der Waals surface area (Å²) in [7, 11) is -3.72. The van der Waals surface area contributed by atoms with Crippen molar-refractivity contribution in [1.82, 2.24) is 19.6 Å². The van der Waals surface area contributed by atoms with E-state index in [1.165, 1.54) is 22.5 Å². The number of aromatic nitrogens is 2. The van der Waals surface area contributed by atoms with Gasteiger partial charge in [-0.05, 0) is 56.0 Å². The fraction of sp³-hybridized carbons (Fsp3) is 0.364. The topological polar surface area (TPSA) is 95.2 Å². The molecule has 9 heteroatoms. The molecular formula is C22H25FN4O3S.